The van der Waals surface area contributed by atoms with Crippen LogP contribution in [-0.4, -0.2) is 26.8 Å². The average Bonchev–Trinajstić information content (AvgIpc) is 2.62. The van der Waals surface area contributed by atoms with Gasteiger partial charge in [-0.15, -0.1) is 6.58 Å². The van der Waals surface area contributed by atoms with Gasteiger partial charge >= 0.3 is 0 Å². The molecule has 19 heavy (non-hydrogen) atoms. The van der Waals surface area contributed by atoms with E-state index in [2.05, 4.69) is 22.5 Å². The van der Waals surface area contributed by atoms with Crippen molar-refractivity contribution >= 4 is 56.2 Å². The quantitative estimate of drug-likeness (QED) is 0.511. The number of phenols is 1. The maximum absolute atomic E-state index is 12.1. The number of amides is 1. The number of aromatic hydroxyl groups is 1. The van der Waals surface area contributed by atoms with Crippen LogP contribution in [0.1, 0.15) is 5.56 Å². The van der Waals surface area contributed by atoms with E-state index in [9.17, 15) is 9.90 Å². The summed E-state index contributed by atoms with van der Waals surface area (Å²) in [6.07, 6.45) is 3.40. The van der Waals surface area contributed by atoms with Crippen molar-refractivity contribution in [2.24, 2.45) is 0 Å². The number of benzene rings is 1. The summed E-state index contributed by atoms with van der Waals surface area (Å²) in [5.41, 5.74) is 0.823. The first kappa shape index (κ1) is 14.3. The molecule has 1 aromatic carbocycles. The molecule has 0 bridgehead atoms. The fourth-order valence-corrected chi connectivity index (χ4v) is 3.22. The van der Waals surface area contributed by atoms with Crippen LogP contribution in [0.5, 0.6) is 5.75 Å². The van der Waals surface area contributed by atoms with Gasteiger partial charge in [-0.2, -0.15) is 0 Å². The summed E-state index contributed by atoms with van der Waals surface area (Å²) in [5, 5.41) is 9.43. The Kier molecular flexibility index (Phi) is 4.44. The summed E-state index contributed by atoms with van der Waals surface area (Å²) >= 11 is 9.66. The van der Waals surface area contributed by atoms with Gasteiger partial charge in [0.05, 0.1) is 9.38 Å². The number of hydrogen-bond acceptors (Lipinski definition) is 4. The van der Waals surface area contributed by atoms with Crippen LogP contribution in [0.4, 0.5) is 0 Å². The molecule has 1 amide bonds. The molecule has 0 spiro atoms. The number of carbonyl (C=O) groups is 1. The smallest absolute Gasteiger partial charge is 0.266 e. The number of halogens is 1. The fraction of sp³-hybridized carbons (Fsp3) is 0.0769. The van der Waals surface area contributed by atoms with E-state index < -0.39 is 0 Å². The molecule has 1 aliphatic rings. The number of thioether (sulfide) groups is 1. The van der Waals surface area contributed by atoms with Crippen molar-refractivity contribution in [3.8, 4) is 5.75 Å². The van der Waals surface area contributed by atoms with Gasteiger partial charge in [0.1, 0.15) is 10.1 Å². The molecular formula is C13H10BrNO2S2. The standard InChI is InChI=1S/C13H10BrNO2S2/c1-2-5-15-12(17)11(19-13(15)18)7-8-3-4-10(16)9(14)6-8/h2-4,6-7,16H,1,5H2/b11-7+. The van der Waals surface area contributed by atoms with Gasteiger partial charge in [-0.25, -0.2) is 0 Å². The van der Waals surface area contributed by atoms with Crippen LogP contribution >= 0.6 is 39.9 Å². The lowest BCUT2D eigenvalue weighted by atomic mass is 10.2. The van der Waals surface area contributed by atoms with Gasteiger partial charge in [-0.05, 0) is 39.7 Å². The molecule has 0 radical (unpaired) electrons. The molecule has 3 nitrogen and oxygen atoms in total. The number of phenolic OH excluding ortho intramolecular Hbond substituents is 1. The first-order valence-corrected chi connectivity index (χ1v) is 7.39. The van der Waals surface area contributed by atoms with E-state index in [1.54, 1.807) is 30.4 Å². The summed E-state index contributed by atoms with van der Waals surface area (Å²) in [4.78, 5) is 14.2. The minimum atomic E-state index is -0.112. The molecule has 0 atom stereocenters. The third-order valence-electron chi connectivity index (χ3n) is 2.45. The SMILES string of the molecule is C=CCN1C(=O)/C(=C\c2ccc(O)c(Br)c2)SC1=S. The van der Waals surface area contributed by atoms with Crippen molar-refractivity contribution < 1.29 is 9.90 Å². The van der Waals surface area contributed by atoms with Crippen molar-refractivity contribution in [2.45, 2.75) is 0 Å². The predicted octanol–water partition coefficient (Wildman–Crippen LogP) is 3.54. The molecule has 1 aromatic rings. The van der Waals surface area contributed by atoms with E-state index in [1.165, 1.54) is 16.7 Å². The number of hydrogen-bond donors (Lipinski definition) is 1. The second kappa shape index (κ2) is 5.90. The number of rotatable bonds is 3. The van der Waals surface area contributed by atoms with Crippen molar-refractivity contribution in [2.75, 3.05) is 6.54 Å². The number of carbonyl (C=O) groups excluding carboxylic acids is 1. The summed E-state index contributed by atoms with van der Waals surface area (Å²) < 4.78 is 1.12. The molecular weight excluding hydrogens is 346 g/mol. The van der Waals surface area contributed by atoms with Crippen LogP contribution in [0, 0.1) is 0 Å². The van der Waals surface area contributed by atoms with Gasteiger partial charge in [0.15, 0.2) is 0 Å². The van der Waals surface area contributed by atoms with Crippen LogP contribution in [-0.2, 0) is 4.79 Å². The van der Waals surface area contributed by atoms with Crippen LogP contribution in [0.3, 0.4) is 0 Å². The number of nitrogens with zero attached hydrogens (tertiary/aromatic N) is 1. The van der Waals surface area contributed by atoms with Gasteiger partial charge in [-0.3, -0.25) is 9.69 Å². The van der Waals surface area contributed by atoms with Gasteiger partial charge in [0, 0.05) is 6.54 Å². The maximum Gasteiger partial charge on any atom is 0.266 e. The van der Waals surface area contributed by atoms with Gasteiger partial charge in [-0.1, -0.05) is 36.1 Å². The lowest BCUT2D eigenvalue weighted by Crippen LogP contribution is -2.27. The molecule has 98 valence electrons. The van der Waals surface area contributed by atoms with Gasteiger partial charge < -0.3 is 5.11 Å². The monoisotopic (exact) mass is 355 g/mol. The van der Waals surface area contributed by atoms with E-state index in [0.717, 1.165) is 5.56 Å². The maximum atomic E-state index is 12.1. The Bertz CT molecular complexity index is 598. The summed E-state index contributed by atoms with van der Waals surface area (Å²) in [7, 11) is 0. The summed E-state index contributed by atoms with van der Waals surface area (Å²) in [6, 6.07) is 5.05. The Morgan fingerprint density at radius 2 is 2.26 bits per heavy atom. The number of thiocarbonyl (C=S) groups is 1. The second-order valence-corrected chi connectivity index (χ2v) is 6.32. The Morgan fingerprint density at radius 3 is 2.89 bits per heavy atom. The minimum Gasteiger partial charge on any atom is -0.507 e. The highest BCUT2D eigenvalue weighted by Crippen LogP contribution is 2.33. The normalized spacial score (nSPS) is 17.3. The third-order valence-corrected chi connectivity index (χ3v) is 4.47. The van der Waals surface area contributed by atoms with E-state index in [1.807, 2.05) is 0 Å². The molecule has 1 heterocycles. The fourth-order valence-electron chi connectivity index (χ4n) is 1.55. The van der Waals surface area contributed by atoms with Crippen molar-refractivity contribution in [3.05, 3.63) is 45.8 Å². The molecule has 0 aromatic heterocycles. The third kappa shape index (κ3) is 3.08. The average molecular weight is 356 g/mol. The molecule has 1 N–H and O–H groups in total. The van der Waals surface area contributed by atoms with Crippen LogP contribution in [0.15, 0.2) is 40.2 Å². The zero-order valence-corrected chi connectivity index (χ0v) is 13.0. The lowest BCUT2D eigenvalue weighted by molar-refractivity contribution is -0.121. The Morgan fingerprint density at radius 1 is 1.53 bits per heavy atom. The van der Waals surface area contributed by atoms with Crippen molar-refractivity contribution in [1.29, 1.82) is 0 Å². The molecule has 1 fully saturated rings. The Balaban J connectivity index is 2.29. The topological polar surface area (TPSA) is 40.5 Å². The van der Waals surface area contributed by atoms with E-state index >= 15 is 0 Å². The molecule has 1 saturated heterocycles. The lowest BCUT2D eigenvalue weighted by Gasteiger charge is -2.10. The van der Waals surface area contributed by atoms with Crippen molar-refractivity contribution in [3.63, 3.8) is 0 Å². The molecule has 1 aliphatic heterocycles. The highest BCUT2D eigenvalue weighted by molar-refractivity contribution is 9.10. The van der Waals surface area contributed by atoms with Crippen LogP contribution in [0.25, 0.3) is 6.08 Å². The second-order valence-electron chi connectivity index (χ2n) is 3.79. The first-order chi connectivity index (χ1) is 9.02. The van der Waals surface area contributed by atoms with Crippen molar-refractivity contribution in [1.82, 2.24) is 4.90 Å². The molecule has 6 heteroatoms. The summed E-state index contributed by atoms with van der Waals surface area (Å²) in [5.74, 6) is 0.0513. The first-order valence-electron chi connectivity index (χ1n) is 5.37. The molecule has 0 aliphatic carbocycles. The largest absolute Gasteiger partial charge is 0.507 e. The van der Waals surface area contributed by atoms with Gasteiger partial charge in [0.2, 0.25) is 0 Å². The zero-order valence-electron chi connectivity index (χ0n) is 9.80. The van der Waals surface area contributed by atoms with E-state index in [4.69, 9.17) is 12.2 Å². The highest BCUT2D eigenvalue weighted by atomic mass is 79.9. The Labute approximate surface area is 129 Å². The van der Waals surface area contributed by atoms with Crippen LogP contribution < -0.4 is 0 Å². The van der Waals surface area contributed by atoms with Crippen LogP contribution in [0.2, 0.25) is 0 Å². The molecule has 0 unspecified atom stereocenters. The molecule has 2 rings (SSSR count). The van der Waals surface area contributed by atoms with Gasteiger partial charge in [0.25, 0.3) is 5.91 Å². The highest BCUT2D eigenvalue weighted by Gasteiger charge is 2.30. The minimum absolute atomic E-state index is 0.112. The summed E-state index contributed by atoms with van der Waals surface area (Å²) in [6.45, 7) is 4.03. The predicted molar refractivity (Wildman–Crippen MR) is 85.9 cm³/mol. The van der Waals surface area contributed by atoms with E-state index in [0.29, 0.717) is 20.2 Å². The zero-order chi connectivity index (χ0) is 14.0. The van der Waals surface area contributed by atoms with E-state index in [-0.39, 0.29) is 11.7 Å². The molecule has 0 saturated carbocycles. The Hall–Kier alpha value is -1.11.